The third kappa shape index (κ3) is 2.26. The number of nitrogen functional groups attached to an aromatic ring is 1. The fourth-order valence-electron chi connectivity index (χ4n) is 1.28. The first kappa shape index (κ1) is 11.5. The van der Waals surface area contributed by atoms with Crippen LogP contribution in [0.2, 0.25) is 0 Å². The van der Waals surface area contributed by atoms with Crippen LogP contribution in [0.25, 0.3) is 11.5 Å². The van der Waals surface area contributed by atoms with Crippen LogP contribution in [0, 0.1) is 5.82 Å². The summed E-state index contributed by atoms with van der Waals surface area (Å²) in [5.41, 5.74) is 5.95. The van der Waals surface area contributed by atoms with Crippen LogP contribution in [0.3, 0.4) is 0 Å². The fraction of sp³-hybridized carbons (Fsp3) is 0.273. The van der Waals surface area contributed by atoms with Crippen molar-refractivity contribution in [2.24, 2.45) is 0 Å². The van der Waals surface area contributed by atoms with Crippen molar-refractivity contribution in [1.82, 2.24) is 10.1 Å². The average molecular weight is 237 g/mol. The number of benzene rings is 1. The minimum atomic E-state index is -0.512. The lowest BCUT2D eigenvalue weighted by molar-refractivity contribution is 0.109. The molecule has 1 unspecified atom stereocenters. The summed E-state index contributed by atoms with van der Waals surface area (Å²) >= 11 is 0. The molecule has 1 atom stereocenters. The van der Waals surface area contributed by atoms with E-state index in [0.29, 0.717) is 11.4 Å². The summed E-state index contributed by atoms with van der Waals surface area (Å²) in [5.74, 6) is 0.143. The maximum atomic E-state index is 13.3. The summed E-state index contributed by atoms with van der Waals surface area (Å²) in [4.78, 5) is 4.11. The van der Waals surface area contributed by atoms with Crippen molar-refractivity contribution >= 4 is 5.69 Å². The van der Waals surface area contributed by atoms with Gasteiger partial charge in [-0.1, -0.05) is 5.16 Å². The van der Waals surface area contributed by atoms with Gasteiger partial charge in [0.15, 0.2) is 0 Å². The second-order valence-corrected chi connectivity index (χ2v) is 3.57. The highest BCUT2D eigenvalue weighted by Crippen LogP contribution is 2.23. The number of anilines is 1. The Hall–Kier alpha value is -1.95. The minimum absolute atomic E-state index is 0.0822. The van der Waals surface area contributed by atoms with Gasteiger partial charge in [-0.3, -0.25) is 0 Å². The molecule has 0 aliphatic heterocycles. The maximum absolute atomic E-state index is 13.3. The zero-order valence-electron chi connectivity index (χ0n) is 9.48. The Kier molecular flexibility index (Phi) is 3.06. The van der Waals surface area contributed by atoms with Crippen LogP contribution >= 0.6 is 0 Å². The Morgan fingerprint density at radius 3 is 2.88 bits per heavy atom. The number of hydrogen-bond acceptors (Lipinski definition) is 5. The zero-order chi connectivity index (χ0) is 12.4. The lowest BCUT2D eigenvalue weighted by atomic mass is 10.2. The molecule has 90 valence electrons. The number of ether oxygens (including phenoxy) is 1. The first-order valence-corrected chi connectivity index (χ1v) is 5.03. The number of hydrogen-bond donors (Lipinski definition) is 1. The summed E-state index contributed by atoms with van der Waals surface area (Å²) in [7, 11) is 1.55. The van der Waals surface area contributed by atoms with Crippen LogP contribution in [0.15, 0.2) is 22.7 Å². The van der Waals surface area contributed by atoms with E-state index in [9.17, 15) is 4.39 Å². The molecule has 0 saturated carbocycles. The van der Waals surface area contributed by atoms with Crippen LogP contribution in [0.4, 0.5) is 10.1 Å². The van der Waals surface area contributed by atoms with Crippen LogP contribution in [-0.4, -0.2) is 17.3 Å². The predicted molar refractivity (Wildman–Crippen MR) is 59.5 cm³/mol. The van der Waals surface area contributed by atoms with Crippen molar-refractivity contribution < 1.29 is 13.7 Å². The monoisotopic (exact) mass is 237 g/mol. The molecule has 1 aromatic heterocycles. The Labute approximate surface area is 97.4 Å². The highest BCUT2D eigenvalue weighted by molar-refractivity contribution is 5.57. The van der Waals surface area contributed by atoms with Crippen molar-refractivity contribution in [3.05, 3.63) is 29.8 Å². The van der Waals surface area contributed by atoms with Crippen LogP contribution < -0.4 is 5.73 Å². The second kappa shape index (κ2) is 4.50. The van der Waals surface area contributed by atoms with E-state index in [1.807, 2.05) is 0 Å². The van der Waals surface area contributed by atoms with Crippen molar-refractivity contribution in [2.45, 2.75) is 13.0 Å². The van der Waals surface area contributed by atoms with E-state index in [1.165, 1.54) is 12.1 Å². The third-order valence-electron chi connectivity index (χ3n) is 2.41. The molecule has 2 aromatic rings. The van der Waals surface area contributed by atoms with Gasteiger partial charge in [0.2, 0.25) is 5.82 Å². The molecule has 2 N–H and O–H groups in total. The first-order chi connectivity index (χ1) is 8.11. The Bertz CT molecular complexity index is 527. The normalized spacial score (nSPS) is 12.6. The van der Waals surface area contributed by atoms with Crippen LogP contribution in [0.5, 0.6) is 0 Å². The lowest BCUT2D eigenvalue weighted by Crippen LogP contribution is -1.97. The molecule has 1 aromatic carbocycles. The van der Waals surface area contributed by atoms with Crippen LogP contribution in [-0.2, 0) is 4.74 Å². The van der Waals surface area contributed by atoms with Gasteiger partial charge in [-0.15, -0.1) is 0 Å². The molecule has 17 heavy (non-hydrogen) atoms. The summed E-state index contributed by atoms with van der Waals surface area (Å²) in [6.45, 7) is 1.79. The average Bonchev–Trinajstić information content (AvgIpc) is 2.81. The molecule has 0 aliphatic carbocycles. The Morgan fingerprint density at radius 2 is 2.24 bits per heavy atom. The summed E-state index contributed by atoms with van der Waals surface area (Å²) in [5, 5.41) is 3.75. The topological polar surface area (TPSA) is 74.2 Å². The van der Waals surface area contributed by atoms with Gasteiger partial charge in [0.1, 0.15) is 11.9 Å². The van der Waals surface area contributed by atoms with Gasteiger partial charge in [-0.2, -0.15) is 4.98 Å². The van der Waals surface area contributed by atoms with E-state index in [0.717, 1.165) is 0 Å². The van der Waals surface area contributed by atoms with Gasteiger partial charge >= 0.3 is 0 Å². The maximum Gasteiger partial charge on any atom is 0.258 e. The largest absolute Gasteiger partial charge is 0.396 e. The first-order valence-electron chi connectivity index (χ1n) is 5.03. The number of rotatable bonds is 3. The Morgan fingerprint density at radius 1 is 1.47 bits per heavy atom. The fourth-order valence-corrected chi connectivity index (χ4v) is 1.28. The standard InChI is InChI=1S/C11H12FN3O2/c1-6(16-2)10-14-11(17-15-10)7-3-4-9(13)8(12)5-7/h3-6H,13H2,1-2H3. The van der Waals surface area contributed by atoms with Crippen LogP contribution in [0.1, 0.15) is 18.9 Å². The van der Waals surface area contributed by atoms with Gasteiger partial charge in [0, 0.05) is 12.7 Å². The number of aromatic nitrogens is 2. The second-order valence-electron chi connectivity index (χ2n) is 3.57. The van der Waals surface area contributed by atoms with Gasteiger partial charge in [-0.05, 0) is 25.1 Å². The molecule has 0 radical (unpaired) electrons. The lowest BCUT2D eigenvalue weighted by Gasteiger charge is -2.01. The molecule has 0 amide bonds. The quantitative estimate of drug-likeness (QED) is 0.828. The molecule has 6 heteroatoms. The van der Waals surface area contributed by atoms with Crippen molar-refractivity contribution in [3.63, 3.8) is 0 Å². The number of methoxy groups -OCH3 is 1. The minimum Gasteiger partial charge on any atom is -0.396 e. The number of nitrogens with two attached hydrogens (primary N) is 1. The molecular formula is C11H12FN3O2. The smallest absolute Gasteiger partial charge is 0.258 e. The van der Waals surface area contributed by atoms with E-state index >= 15 is 0 Å². The molecule has 0 fully saturated rings. The van der Waals surface area contributed by atoms with Gasteiger partial charge in [0.25, 0.3) is 5.89 Å². The molecule has 0 saturated heterocycles. The van der Waals surface area contributed by atoms with E-state index in [4.69, 9.17) is 15.0 Å². The van der Waals surface area contributed by atoms with E-state index in [-0.39, 0.29) is 17.7 Å². The molecular weight excluding hydrogens is 225 g/mol. The summed E-state index contributed by atoms with van der Waals surface area (Å²) in [6, 6.07) is 4.32. The third-order valence-corrected chi connectivity index (χ3v) is 2.41. The van der Waals surface area contributed by atoms with Crippen molar-refractivity contribution in [1.29, 1.82) is 0 Å². The molecule has 0 spiro atoms. The highest BCUT2D eigenvalue weighted by Gasteiger charge is 2.14. The van der Waals surface area contributed by atoms with Gasteiger partial charge in [0.05, 0.1) is 5.69 Å². The summed E-state index contributed by atoms with van der Waals surface area (Å²) in [6.07, 6.45) is -0.272. The van der Waals surface area contributed by atoms with E-state index < -0.39 is 5.82 Å². The molecule has 1 heterocycles. The molecule has 0 aliphatic rings. The molecule has 5 nitrogen and oxygen atoms in total. The van der Waals surface area contributed by atoms with E-state index in [2.05, 4.69) is 10.1 Å². The molecule has 0 bridgehead atoms. The van der Waals surface area contributed by atoms with Gasteiger partial charge in [-0.25, -0.2) is 4.39 Å². The highest BCUT2D eigenvalue weighted by atomic mass is 19.1. The van der Waals surface area contributed by atoms with Crippen molar-refractivity contribution in [2.75, 3.05) is 12.8 Å². The number of halogens is 1. The Balaban J connectivity index is 2.33. The summed E-state index contributed by atoms with van der Waals surface area (Å²) < 4.78 is 23.3. The SMILES string of the molecule is COC(C)c1noc(-c2ccc(N)c(F)c2)n1. The molecule has 2 rings (SSSR count). The van der Waals surface area contributed by atoms with Crippen molar-refractivity contribution in [3.8, 4) is 11.5 Å². The van der Waals surface area contributed by atoms with E-state index in [1.54, 1.807) is 20.1 Å². The zero-order valence-corrected chi connectivity index (χ0v) is 9.48. The predicted octanol–water partition coefficient (Wildman–Crippen LogP) is 2.17. The number of nitrogens with zero attached hydrogens (tertiary/aromatic N) is 2. The van der Waals surface area contributed by atoms with Gasteiger partial charge < -0.3 is 15.0 Å².